The molecule has 4 aromatic rings. The lowest BCUT2D eigenvalue weighted by atomic mass is 10.2. The second-order valence-electron chi connectivity index (χ2n) is 6.08. The lowest BCUT2D eigenvalue weighted by molar-refractivity contribution is -0.115. The van der Waals surface area contributed by atoms with E-state index in [4.69, 9.17) is 4.74 Å². The van der Waals surface area contributed by atoms with Crippen molar-refractivity contribution in [3.63, 3.8) is 0 Å². The number of ether oxygens (including phenoxy) is 1. The molecule has 2 heterocycles. The number of fused-ring (bicyclic) bond motifs is 1. The van der Waals surface area contributed by atoms with Gasteiger partial charge in [-0.15, -0.1) is 11.3 Å². The molecule has 5 nitrogen and oxygen atoms in total. The van der Waals surface area contributed by atoms with Crippen LogP contribution in [0.2, 0.25) is 0 Å². The van der Waals surface area contributed by atoms with E-state index in [2.05, 4.69) is 15.3 Å². The molecule has 0 spiro atoms. The quantitative estimate of drug-likeness (QED) is 0.520. The van der Waals surface area contributed by atoms with Crippen LogP contribution in [0.5, 0.6) is 5.75 Å². The van der Waals surface area contributed by atoms with Gasteiger partial charge < -0.3 is 10.1 Å². The molecule has 0 fully saturated rings. The van der Waals surface area contributed by atoms with E-state index in [1.807, 2.05) is 35.7 Å². The molecule has 0 atom stereocenters. The molecule has 1 N–H and O–H groups in total. The van der Waals surface area contributed by atoms with Crippen LogP contribution >= 0.6 is 11.3 Å². The van der Waals surface area contributed by atoms with E-state index in [9.17, 15) is 9.18 Å². The number of carbonyl (C=O) groups is 1. The Morgan fingerprint density at radius 2 is 1.96 bits per heavy atom. The molecule has 7 heteroatoms. The number of nitrogens with one attached hydrogen (secondary N) is 1. The first kappa shape index (κ1) is 18.1. The average molecular weight is 393 g/mol. The van der Waals surface area contributed by atoms with Gasteiger partial charge in [0, 0.05) is 17.0 Å². The largest absolute Gasteiger partial charge is 0.486 e. The van der Waals surface area contributed by atoms with Crippen LogP contribution in [-0.2, 0) is 17.8 Å². The van der Waals surface area contributed by atoms with Crippen molar-refractivity contribution in [3.8, 4) is 5.75 Å². The summed E-state index contributed by atoms with van der Waals surface area (Å²) in [6.45, 7) is 0.271. The molecule has 0 aliphatic heterocycles. The monoisotopic (exact) mass is 393 g/mol. The number of aromatic nitrogens is 2. The number of hydrogen-bond acceptors (Lipinski definition) is 5. The highest BCUT2D eigenvalue weighted by Gasteiger charge is 2.10. The van der Waals surface area contributed by atoms with E-state index in [0.717, 1.165) is 21.6 Å². The third-order valence-corrected chi connectivity index (χ3v) is 4.91. The van der Waals surface area contributed by atoms with Crippen molar-refractivity contribution in [2.24, 2.45) is 0 Å². The fraction of sp³-hybridized carbons (Fsp3) is 0.0952. The summed E-state index contributed by atoms with van der Waals surface area (Å²) in [5, 5.41) is 6.41. The van der Waals surface area contributed by atoms with E-state index in [0.29, 0.717) is 11.4 Å². The van der Waals surface area contributed by atoms with Crippen LogP contribution in [0.15, 0.2) is 66.2 Å². The van der Waals surface area contributed by atoms with Crippen LogP contribution in [-0.4, -0.2) is 15.9 Å². The van der Waals surface area contributed by atoms with Crippen LogP contribution in [0.25, 0.3) is 10.9 Å². The van der Waals surface area contributed by atoms with E-state index >= 15 is 0 Å². The minimum Gasteiger partial charge on any atom is -0.486 e. The standard InChI is InChI=1S/C21H16FN3O2S/c22-14-6-8-16(9-7-14)27-12-21-24-15(13-28-21)11-20(26)25-19-5-1-4-18-17(19)3-2-10-23-18/h1-10,13H,11-12H2,(H,25,26). The maximum absolute atomic E-state index is 12.9. The molecule has 0 aliphatic carbocycles. The molecule has 28 heavy (non-hydrogen) atoms. The number of halogens is 1. The van der Waals surface area contributed by atoms with Gasteiger partial charge in [-0.1, -0.05) is 6.07 Å². The molecule has 0 bridgehead atoms. The number of anilines is 1. The molecule has 0 unspecified atom stereocenters. The first-order valence-corrected chi connectivity index (χ1v) is 9.50. The minimum absolute atomic E-state index is 0.146. The van der Waals surface area contributed by atoms with Gasteiger partial charge in [0.2, 0.25) is 5.91 Å². The van der Waals surface area contributed by atoms with Gasteiger partial charge in [-0.05, 0) is 48.5 Å². The van der Waals surface area contributed by atoms with Gasteiger partial charge in [-0.2, -0.15) is 0 Å². The van der Waals surface area contributed by atoms with Crippen LogP contribution < -0.4 is 10.1 Å². The van der Waals surface area contributed by atoms with Crippen molar-refractivity contribution >= 4 is 33.8 Å². The van der Waals surface area contributed by atoms with Crippen LogP contribution in [0, 0.1) is 5.82 Å². The molecular weight excluding hydrogens is 377 g/mol. The Labute approximate surface area is 164 Å². The van der Waals surface area contributed by atoms with E-state index in [-0.39, 0.29) is 24.8 Å². The molecule has 0 saturated heterocycles. The summed E-state index contributed by atoms with van der Waals surface area (Å²) in [7, 11) is 0. The first-order chi connectivity index (χ1) is 13.7. The number of thiazole rings is 1. The highest BCUT2D eigenvalue weighted by Crippen LogP contribution is 2.22. The maximum Gasteiger partial charge on any atom is 0.230 e. The maximum atomic E-state index is 12.9. The topological polar surface area (TPSA) is 64.1 Å². The molecule has 1 amide bonds. The zero-order valence-corrected chi connectivity index (χ0v) is 15.6. The molecule has 0 saturated carbocycles. The Hall–Kier alpha value is -3.32. The number of pyridine rings is 1. The van der Waals surface area contributed by atoms with Crippen molar-refractivity contribution in [2.45, 2.75) is 13.0 Å². The summed E-state index contributed by atoms with van der Waals surface area (Å²) >= 11 is 1.42. The minimum atomic E-state index is -0.308. The molecule has 0 radical (unpaired) electrons. The van der Waals surface area contributed by atoms with Crippen molar-refractivity contribution in [2.75, 3.05) is 5.32 Å². The molecule has 0 aliphatic rings. The Morgan fingerprint density at radius 1 is 1.11 bits per heavy atom. The summed E-state index contributed by atoms with van der Waals surface area (Å²) < 4.78 is 18.5. The van der Waals surface area contributed by atoms with Crippen LogP contribution in [0.4, 0.5) is 10.1 Å². The summed E-state index contributed by atoms with van der Waals surface area (Å²) in [6, 6.07) is 15.2. The van der Waals surface area contributed by atoms with E-state index < -0.39 is 0 Å². The summed E-state index contributed by atoms with van der Waals surface area (Å²) in [5.74, 6) is 0.116. The second-order valence-corrected chi connectivity index (χ2v) is 7.02. The van der Waals surface area contributed by atoms with E-state index in [1.165, 1.54) is 23.5 Å². The summed E-state index contributed by atoms with van der Waals surface area (Å²) in [4.78, 5) is 21.1. The predicted molar refractivity (Wildman–Crippen MR) is 107 cm³/mol. The summed E-state index contributed by atoms with van der Waals surface area (Å²) in [5.41, 5.74) is 2.23. The van der Waals surface area contributed by atoms with E-state index in [1.54, 1.807) is 18.3 Å². The van der Waals surface area contributed by atoms with Crippen molar-refractivity contribution in [3.05, 3.63) is 82.7 Å². The molecular formula is C21H16FN3O2S. The van der Waals surface area contributed by atoms with Gasteiger partial charge >= 0.3 is 0 Å². The predicted octanol–water partition coefficient (Wildman–Crippen LogP) is 4.59. The van der Waals surface area contributed by atoms with Crippen LogP contribution in [0.3, 0.4) is 0 Å². The Balaban J connectivity index is 1.36. The van der Waals surface area contributed by atoms with Gasteiger partial charge in [-0.25, -0.2) is 9.37 Å². The summed E-state index contributed by atoms with van der Waals surface area (Å²) in [6.07, 6.45) is 1.89. The third-order valence-electron chi connectivity index (χ3n) is 4.04. The normalized spacial score (nSPS) is 10.8. The first-order valence-electron chi connectivity index (χ1n) is 8.62. The fourth-order valence-electron chi connectivity index (χ4n) is 2.74. The van der Waals surface area contributed by atoms with Gasteiger partial charge in [0.05, 0.1) is 23.3 Å². The number of nitrogens with zero attached hydrogens (tertiary/aromatic N) is 2. The number of carbonyl (C=O) groups excluding carboxylic acids is 1. The lowest BCUT2D eigenvalue weighted by Crippen LogP contribution is -2.15. The Kier molecular flexibility index (Phi) is 5.25. The van der Waals surface area contributed by atoms with Gasteiger partial charge in [0.1, 0.15) is 23.2 Å². The number of rotatable bonds is 6. The zero-order valence-electron chi connectivity index (χ0n) is 14.8. The lowest BCUT2D eigenvalue weighted by Gasteiger charge is -2.07. The average Bonchev–Trinajstić information content (AvgIpc) is 3.15. The SMILES string of the molecule is O=C(Cc1csc(COc2ccc(F)cc2)n1)Nc1cccc2ncccc12. The molecule has 140 valence electrons. The van der Waals surface area contributed by atoms with Gasteiger partial charge in [0.15, 0.2) is 0 Å². The molecule has 2 aromatic heterocycles. The van der Waals surface area contributed by atoms with Crippen molar-refractivity contribution in [1.82, 2.24) is 9.97 Å². The molecule has 4 rings (SSSR count). The smallest absolute Gasteiger partial charge is 0.230 e. The molecule has 2 aromatic carbocycles. The zero-order chi connectivity index (χ0) is 19.3. The van der Waals surface area contributed by atoms with Crippen LogP contribution in [0.1, 0.15) is 10.7 Å². The van der Waals surface area contributed by atoms with Crippen molar-refractivity contribution in [1.29, 1.82) is 0 Å². The third kappa shape index (κ3) is 4.32. The highest BCUT2D eigenvalue weighted by molar-refractivity contribution is 7.09. The number of benzene rings is 2. The highest BCUT2D eigenvalue weighted by atomic mass is 32.1. The Bertz CT molecular complexity index is 1110. The second kappa shape index (κ2) is 8.14. The van der Waals surface area contributed by atoms with Gasteiger partial charge in [0.25, 0.3) is 0 Å². The Morgan fingerprint density at radius 3 is 2.82 bits per heavy atom. The number of hydrogen-bond donors (Lipinski definition) is 1. The number of amides is 1. The van der Waals surface area contributed by atoms with Crippen molar-refractivity contribution < 1.29 is 13.9 Å². The fourth-order valence-corrected chi connectivity index (χ4v) is 3.45. The van der Waals surface area contributed by atoms with Gasteiger partial charge in [-0.3, -0.25) is 9.78 Å².